The number of nitrogens with zero attached hydrogens (tertiary/aromatic N) is 2. The third-order valence-corrected chi connectivity index (χ3v) is 7.40. The van der Waals surface area contributed by atoms with Crippen molar-refractivity contribution in [2.24, 2.45) is 7.05 Å². The number of aryl methyl sites for hydroxylation is 1. The van der Waals surface area contributed by atoms with Crippen LogP contribution in [0.2, 0.25) is 5.02 Å². The summed E-state index contributed by atoms with van der Waals surface area (Å²) >= 11 is 6.27. The van der Waals surface area contributed by atoms with Gasteiger partial charge in [0.15, 0.2) is 0 Å². The number of carbonyl (C=O) groups is 1. The SMILES string of the molecule is CCOC(=O)N1CCOc2cc(=O)n(C)cc2-c2cc(NS(=O)(=O)CC)ccc2Oc2ccc(Cl)cc2C1. The van der Waals surface area contributed by atoms with Crippen molar-refractivity contribution >= 4 is 33.4 Å². The molecule has 0 fully saturated rings. The zero-order valence-electron chi connectivity index (χ0n) is 21.2. The molecule has 38 heavy (non-hydrogen) atoms. The molecule has 4 rings (SSSR count). The molecular formula is C26H28ClN3O7S. The van der Waals surface area contributed by atoms with Gasteiger partial charge in [0, 0.05) is 46.7 Å². The number of hydrogen-bond donors (Lipinski definition) is 1. The molecule has 0 radical (unpaired) electrons. The molecule has 12 heteroatoms. The van der Waals surface area contributed by atoms with E-state index >= 15 is 0 Å². The molecule has 0 atom stereocenters. The predicted molar refractivity (Wildman–Crippen MR) is 145 cm³/mol. The fraction of sp³-hybridized carbons (Fsp3) is 0.308. The van der Waals surface area contributed by atoms with Gasteiger partial charge in [0.2, 0.25) is 10.0 Å². The zero-order chi connectivity index (χ0) is 27.4. The van der Waals surface area contributed by atoms with E-state index in [2.05, 4.69) is 4.72 Å². The van der Waals surface area contributed by atoms with E-state index in [1.165, 1.54) is 15.5 Å². The first-order chi connectivity index (χ1) is 18.1. The van der Waals surface area contributed by atoms with Crippen molar-refractivity contribution in [2.75, 3.05) is 30.2 Å². The van der Waals surface area contributed by atoms with E-state index in [4.69, 9.17) is 25.8 Å². The smallest absolute Gasteiger partial charge is 0.410 e. The lowest BCUT2D eigenvalue weighted by Crippen LogP contribution is -2.35. The third kappa shape index (κ3) is 6.22. The molecule has 1 aliphatic rings. The van der Waals surface area contributed by atoms with Gasteiger partial charge < -0.3 is 23.7 Å². The number of halogens is 1. The van der Waals surface area contributed by atoms with E-state index in [-0.39, 0.29) is 43.4 Å². The Kier molecular flexibility index (Phi) is 8.17. The average molecular weight is 562 g/mol. The van der Waals surface area contributed by atoms with Crippen molar-refractivity contribution in [2.45, 2.75) is 20.4 Å². The number of aromatic nitrogens is 1. The lowest BCUT2D eigenvalue weighted by molar-refractivity contribution is 0.0974. The van der Waals surface area contributed by atoms with Crippen LogP contribution in [0.25, 0.3) is 11.1 Å². The maximum atomic E-state index is 12.7. The summed E-state index contributed by atoms with van der Waals surface area (Å²) in [7, 11) is -1.95. The molecule has 0 saturated carbocycles. The Bertz CT molecular complexity index is 1520. The summed E-state index contributed by atoms with van der Waals surface area (Å²) in [6, 6.07) is 11.3. The Morgan fingerprint density at radius 1 is 1.08 bits per heavy atom. The summed E-state index contributed by atoms with van der Waals surface area (Å²) < 4.78 is 46.0. The highest BCUT2D eigenvalue weighted by Gasteiger charge is 2.22. The molecule has 10 nitrogen and oxygen atoms in total. The van der Waals surface area contributed by atoms with Crippen LogP contribution in [-0.2, 0) is 28.4 Å². The lowest BCUT2D eigenvalue weighted by atomic mass is 10.0. The average Bonchev–Trinajstić information content (AvgIpc) is 2.87. The molecule has 202 valence electrons. The van der Waals surface area contributed by atoms with Gasteiger partial charge in [-0.05, 0) is 50.2 Å². The van der Waals surface area contributed by atoms with Gasteiger partial charge >= 0.3 is 6.09 Å². The minimum Gasteiger partial charge on any atom is -0.491 e. The molecule has 1 aromatic heterocycles. The minimum absolute atomic E-state index is 0.0627. The number of benzene rings is 2. The van der Waals surface area contributed by atoms with Crippen molar-refractivity contribution in [1.29, 1.82) is 0 Å². The summed E-state index contributed by atoms with van der Waals surface area (Å²) in [4.78, 5) is 26.6. The van der Waals surface area contributed by atoms with E-state index < -0.39 is 16.1 Å². The molecule has 1 amide bonds. The highest BCUT2D eigenvalue weighted by molar-refractivity contribution is 7.92. The second-order valence-corrected chi connectivity index (χ2v) is 11.0. The first kappa shape index (κ1) is 27.3. The minimum atomic E-state index is -3.55. The van der Waals surface area contributed by atoms with Crippen LogP contribution in [0, 0.1) is 0 Å². The van der Waals surface area contributed by atoms with Crippen LogP contribution in [0.3, 0.4) is 0 Å². The van der Waals surface area contributed by atoms with Crippen molar-refractivity contribution in [3.8, 4) is 28.4 Å². The second kappa shape index (κ2) is 11.4. The molecule has 0 bridgehead atoms. The normalized spacial score (nSPS) is 13.4. The van der Waals surface area contributed by atoms with E-state index in [0.29, 0.717) is 38.9 Å². The number of sulfonamides is 1. The lowest BCUT2D eigenvalue weighted by Gasteiger charge is -2.25. The first-order valence-electron chi connectivity index (χ1n) is 12.0. The van der Waals surface area contributed by atoms with Crippen LogP contribution in [0.5, 0.6) is 17.2 Å². The van der Waals surface area contributed by atoms with E-state index in [9.17, 15) is 18.0 Å². The second-order valence-electron chi connectivity index (χ2n) is 8.54. The van der Waals surface area contributed by atoms with Gasteiger partial charge in [-0.1, -0.05) is 11.6 Å². The number of hydrogen-bond acceptors (Lipinski definition) is 7. The molecule has 0 unspecified atom stereocenters. The van der Waals surface area contributed by atoms with Crippen LogP contribution in [-0.4, -0.2) is 49.5 Å². The largest absolute Gasteiger partial charge is 0.491 e. The Morgan fingerprint density at radius 2 is 1.84 bits per heavy atom. The quantitative estimate of drug-likeness (QED) is 0.494. The molecule has 0 saturated heterocycles. The topological polar surface area (TPSA) is 116 Å². The number of rotatable bonds is 4. The molecule has 1 aliphatic heterocycles. The third-order valence-electron chi connectivity index (χ3n) is 5.86. The van der Waals surface area contributed by atoms with Crippen molar-refractivity contribution in [3.05, 3.63) is 69.6 Å². The number of pyridine rings is 1. The number of fused-ring (bicyclic) bond motifs is 4. The van der Waals surface area contributed by atoms with Gasteiger partial charge in [-0.15, -0.1) is 0 Å². The molecule has 0 spiro atoms. The summed E-state index contributed by atoms with van der Waals surface area (Å²) in [6.45, 7) is 3.81. The van der Waals surface area contributed by atoms with Gasteiger partial charge in [0.1, 0.15) is 23.9 Å². The summed E-state index contributed by atoms with van der Waals surface area (Å²) in [5, 5.41) is 0.462. The van der Waals surface area contributed by atoms with E-state index in [1.54, 1.807) is 63.5 Å². The monoisotopic (exact) mass is 561 g/mol. The van der Waals surface area contributed by atoms with Crippen molar-refractivity contribution in [3.63, 3.8) is 0 Å². The fourth-order valence-corrected chi connectivity index (χ4v) is 4.71. The first-order valence-corrected chi connectivity index (χ1v) is 14.0. The van der Waals surface area contributed by atoms with Crippen LogP contribution in [0.4, 0.5) is 10.5 Å². The summed E-state index contributed by atoms with van der Waals surface area (Å²) in [6.07, 6.45) is 1.06. The van der Waals surface area contributed by atoms with Gasteiger partial charge in [0.05, 0.1) is 25.4 Å². The molecule has 2 aromatic carbocycles. The van der Waals surface area contributed by atoms with Crippen LogP contribution in [0.15, 0.2) is 53.5 Å². The Labute approximate surface area is 225 Å². The molecule has 2 heterocycles. The summed E-state index contributed by atoms with van der Waals surface area (Å²) in [5.41, 5.74) is 1.65. The predicted octanol–water partition coefficient (Wildman–Crippen LogP) is 4.61. The van der Waals surface area contributed by atoms with Crippen molar-refractivity contribution in [1.82, 2.24) is 9.47 Å². The molecule has 1 N–H and O–H groups in total. The zero-order valence-corrected chi connectivity index (χ0v) is 22.8. The molecule has 3 aromatic rings. The van der Waals surface area contributed by atoms with Crippen LogP contribution in [0.1, 0.15) is 19.4 Å². The molecular weight excluding hydrogens is 534 g/mol. The number of nitrogens with one attached hydrogen (secondary N) is 1. The fourth-order valence-electron chi connectivity index (χ4n) is 3.89. The summed E-state index contributed by atoms with van der Waals surface area (Å²) in [5.74, 6) is 0.980. The van der Waals surface area contributed by atoms with Crippen LogP contribution < -0.4 is 19.8 Å². The van der Waals surface area contributed by atoms with Gasteiger partial charge in [-0.2, -0.15) is 0 Å². The Morgan fingerprint density at radius 3 is 2.58 bits per heavy atom. The van der Waals surface area contributed by atoms with E-state index in [1.807, 2.05) is 0 Å². The highest BCUT2D eigenvalue weighted by Crippen LogP contribution is 2.41. The number of ether oxygens (including phenoxy) is 3. The van der Waals surface area contributed by atoms with Gasteiger partial charge in [0.25, 0.3) is 5.56 Å². The Balaban J connectivity index is 1.91. The van der Waals surface area contributed by atoms with Gasteiger partial charge in [-0.3, -0.25) is 9.52 Å². The number of anilines is 1. The molecule has 0 aliphatic carbocycles. The number of amides is 1. The highest BCUT2D eigenvalue weighted by atomic mass is 35.5. The van der Waals surface area contributed by atoms with Gasteiger partial charge in [-0.25, -0.2) is 13.2 Å². The van der Waals surface area contributed by atoms with E-state index in [0.717, 1.165) is 0 Å². The standard InChI is InChI=1S/C26H28ClN3O7S/c1-4-35-26(32)30-10-11-36-24-14-25(31)29(3)16-21(24)20-13-19(28-38(33,34)5-2)7-9-23(20)37-22-8-6-18(27)12-17(22)15-30/h6-9,12-14,16,28H,4-5,10-11,15H2,1-3H3. The van der Waals surface area contributed by atoms with Crippen molar-refractivity contribution < 1.29 is 27.4 Å². The Hall–Kier alpha value is -3.70. The maximum Gasteiger partial charge on any atom is 0.410 e. The maximum absolute atomic E-state index is 12.7. The van der Waals surface area contributed by atoms with Crippen LogP contribution >= 0.6 is 11.6 Å². The number of carbonyl (C=O) groups excluding carboxylic acids is 1.